The Morgan fingerprint density at radius 3 is 2.31 bits per heavy atom. The second-order valence-electron chi connectivity index (χ2n) is 11.6. The Hall–Kier alpha value is -3.72. The molecular formula is C33H42F2N4O3. The van der Waals surface area contributed by atoms with Gasteiger partial charge in [0.15, 0.2) is 0 Å². The van der Waals surface area contributed by atoms with Gasteiger partial charge in [-0.3, -0.25) is 14.6 Å². The maximum absolute atomic E-state index is 13.2. The first-order valence-corrected chi connectivity index (χ1v) is 14.1. The smallest absolute Gasteiger partial charge is 0.258 e. The van der Waals surface area contributed by atoms with Crippen LogP contribution < -0.4 is 5.32 Å². The number of halogens is 2. The molecule has 4 rings (SSSR count). The first-order chi connectivity index (χ1) is 19.6. The molecule has 1 saturated carbocycles. The van der Waals surface area contributed by atoms with E-state index in [2.05, 4.69) is 27.6 Å². The number of aromatic nitrogens is 2. The van der Waals surface area contributed by atoms with Gasteiger partial charge in [0, 0.05) is 55.5 Å². The number of carbonyl (C=O) groups is 2. The molecule has 0 aliphatic heterocycles. The molecular weight excluding hydrogens is 538 g/mol. The number of amides is 1. The van der Waals surface area contributed by atoms with Crippen molar-refractivity contribution in [1.82, 2.24) is 20.4 Å². The molecule has 0 radical (unpaired) electrons. The molecule has 1 aliphatic rings. The number of pyridine rings is 1. The fourth-order valence-electron chi connectivity index (χ4n) is 4.64. The highest BCUT2D eigenvalue weighted by Gasteiger charge is 2.62. The van der Waals surface area contributed by atoms with Gasteiger partial charge in [0.2, 0.25) is 5.91 Å². The Balaban J connectivity index is 0.000000307. The number of rotatable bonds is 10. The molecule has 226 valence electrons. The largest absolute Gasteiger partial charge is 0.360 e. The maximum atomic E-state index is 13.2. The highest BCUT2D eigenvalue weighted by atomic mass is 19.3. The summed E-state index contributed by atoms with van der Waals surface area (Å²) in [5.41, 5.74) is 6.22. The number of nitrogens with zero attached hydrogens (tertiary/aromatic N) is 3. The lowest BCUT2D eigenvalue weighted by atomic mass is 9.96. The van der Waals surface area contributed by atoms with Gasteiger partial charge in [-0.1, -0.05) is 23.4 Å². The van der Waals surface area contributed by atoms with Crippen LogP contribution in [0.3, 0.4) is 0 Å². The van der Waals surface area contributed by atoms with Gasteiger partial charge < -0.3 is 14.7 Å². The lowest BCUT2D eigenvalue weighted by molar-refractivity contribution is -0.117. The van der Waals surface area contributed by atoms with Crippen molar-refractivity contribution in [2.45, 2.75) is 72.1 Å². The average molecular weight is 581 g/mol. The number of aryl methyl sites for hydroxylation is 3. The third-order valence-electron chi connectivity index (χ3n) is 7.51. The van der Waals surface area contributed by atoms with Crippen LogP contribution in [0.1, 0.15) is 67.5 Å². The van der Waals surface area contributed by atoms with E-state index >= 15 is 0 Å². The van der Waals surface area contributed by atoms with Crippen molar-refractivity contribution in [2.24, 2.45) is 0 Å². The van der Waals surface area contributed by atoms with Crippen LogP contribution in [0.2, 0.25) is 0 Å². The van der Waals surface area contributed by atoms with E-state index < -0.39 is 11.3 Å². The van der Waals surface area contributed by atoms with Gasteiger partial charge in [0.05, 0.1) is 11.1 Å². The summed E-state index contributed by atoms with van der Waals surface area (Å²) < 4.78 is 31.2. The lowest BCUT2D eigenvalue weighted by Crippen LogP contribution is -2.31. The summed E-state index contributed by atoms with van der Waals surface area (Å²) >= 11 is 0. The summed E-state index contributed by atoms with van der Waals surface area (Å²) in [7, 11) is 3.95. The number of nitrogens with one attached hydrogen (secondary N) is 1. The Bertz CT molecular complexity index is 1450. The predicted octanol–water partition coefficient (Wildman–Crippen LogP) is 6.25. The minimum absolute atomic E-state index is 0.0684. The zero-order valence-corrected chi connectivity index (χ0v) is 25.9. The van der Waals surface area contributed by atoms with Gasteiger partial charge in [0.25, 0.3) is 5.92 Å². The number of ketones is 1. The van der Waals surface area contributed by atoms with Crippen LogP contribution in [-0.2, 0) is 21.4 Å². The first kappa shape index (κ1) is 32.8. The highest BCUT2D eigenvalue weighted by Crippen LogP contribution is 2.58. The van der Waals surface area contributed by atoms with E-state index in [1.807, 2.05) is 64.2 Å². The van der Waals surface area contributed by atoms with Crippen molar-refractivity contribution in [3.63, 3.8) is 0 Å². The second-order valence-corrected chi connectivity index (χ2v) is 11.6. The van der Waals surface area contributed by atoms with Gasteiger partial charge in [-0.15, -0.1) is 0 Å². The molecule has 0 unspecified atom stereocenters. The molecule has 1 aromatic carbocycles. The molecule has 0 spiro atoms. The molecule has 3 aromatic rings. The van der Waals surface area contributed by atoms with Gasteiger partial charge in [0.1, 0.15) is 11.5 Å². The van der Waals surface area contributed by atoms with Crippen LogP contribution in [0.15, 0.2) is 46.6 Å². The minimum Gasteiger partial charge on any atom is -0.360 e. The van der Waals surface area contributed by atoms with E-state index in [9.17, 15) is 18.4 Å². The number of carbonyl (C=O) groups excluding carboxylic acids is 2. The van der Waals surface area contributed by atoms with E-state index in [1.54, 1.807) is 19.9 Å². The zero-order valence-electron chi connectivity index (χ0n) is 25.9. The van der Waals surface area contributed by atoms with E-state index in [0.29, 0.717) is 42.8 Å². The summed E-state index contributed by atoms with van der Waals surface area (Å²) in [6.45, 7) is 11.5. The maximum Gasteiger partial charge on any atom is 0.258 e. The summed E-state index contributed by atoms with van der Waals surface area (Å²) in [6, 6.07) is 9.76. The zero-order chi connectivity index (χ0) is 31.2. The summed E-state index contributed by atoms with van der Waals surface area (Å²) in [6.07, 6.45) is 5.16. The fourth-order valence-corrected chi connectivity index (χ4v) is 4.64. The number of alkyl halides is 2. The van der Waals surface area contributed by atoms with E-state index in [4.69, 9.17) is 4.52 Å². The molecule has 1 fully saturated rings. The molecule has 1 aliphatic carbocycles. The highest BCUT2D eigenvalue weighted by molar-refractivity contribution is 5.97. The summed E-state index contributed by atoms with van der Waals surface area (Å²) in [5, 5.41) is 6.56. The van der Waals surface area contributed by atoms with Crippen LogP contribution in [0.25, 0.3) is 17.2 Å². The van der Waals surface area contributed by atoms with E-state index in [1.165, 1.54) is 0 Å². The quantitative estimate of drug-likeness (QED) is 0.285. The third-order valence-corrected chi connectivity index (χ3v) is 7.51. The molecule has 9 heteroatoms. The van der Waals surface area contributed by atoms with Gasteiger partial charge in [-0.05, 0) is 96.0 Å². The third kappa shape index (κ3) is 8.41. The van der Waals surface area contributed by atoms with Crippen molar-refractivity contribution < 1.29 is 22.9 Å². The molecule has 2 aromatic heterocycles. The molecule has 0 atom stereocenters. The lowest BCUT2D eigenvalue weighted by Gasteiger charge is -2.19. The molecule has 0 bridgehead atoms. The molecule has 7 nitrogen and oxygen atoms in total. The van der Waals surface area contributed by atoms with E-state index in [0.717, 1.165) is 47.0 Å². The van der Waals surface area contributed by atoms with Crippen molar-refractivity contribution in [1.29, 1.82) is 0 Å². The summed E-state index contributed by atoms with van der Waals surface area (Å²) in [4.78, 5) is 30.3. The van der Waals surface area contributed by atoms with Crippen molar-refractivity contribution >= 4 is 17.8 Å². The van der Waals surface area contributed by atoms with Crippen LogP contribution >= 0.6 is 0 Å². The van der Waals surface area contributed by atoms with Crippen LogP contribution in [0.5, 0.6) is 0 Å². The molecule has 1 amide bonds. The van der Waals surface area contributed by atoms with Crippen molar-refractivity contribution in [3.05, 3.63) is 75.9 Å². The Labute approximate surface area is 247 Å². The Kier molecular flexibility index (Phi) is 10.5. The number of benzene rings is 1. The molecule has 0 saturated heterocycles. The molecule has 42 heavy (non-hydrogen) atoms. The Morgan fingerprint density at radius 2 is 1.79 bits per heavy atom. The Morgan fingerprint density at radius 1 is 1.10 bits per heavy atom. The van der Waals surface area contributed by atoms with Gasteiger partial charge in [-0.2, -0.15) is 0 Å². The topological polar surface area (TPSA) is 88.3 Å². The minimum atomic E-state index is -2.71. The fraction of sp³-hybridized carbons (Fsp3) is 0.455. The number of likely N-dealkylation sites (N-methyl/N-ethyl adjacent to an activating group) is 1. The monoisotopic (exact) mass is 580 g/mol. The van der Waals surface area contributed by atoms with E-state index in [-0.39, 0.29) is 11.7 Å². The van der Waals surface area contributed by atoms with Gasteiger partial charge >= 0.3 is 0 Å². The van der Waals surface area contributed by atoms with Crippen molar-refractivity contribution in [2.75, 3.05) is 27.2 Å². The number of hydrogen-bond acceptors (Lipinski definition) is 6. The van der Waals surface area contributed by atoms with Crippen LogP contribution in [0, 0.1) is 20.8 Å². The van der Waals surface area contributed by atoms with Crippen LogP contribution in [-0.4, -0.2) is 59.8 Å². The number of hydrogen-bond donors (Lipinski definition) is 1. The summed E-state index contributed by atoms with van der Waals surface area (Å²) in [5.74, 6) is -2.29. The second kappa shape index (κ2) is 13.5. The van der Waals surface area contributed by atoms with Gasteiger partial charge in [-0.25, -0.2) is 8.78 Å². The van der Waals surface area contributed by atoms with Crippen LogP contribution in [0.4, 0.5) is 8.78 Å². The predicted molar refractivity (Wildman–Crippen MR) is 162 cm³/mol. The molecule has 2 heterocycles. The van der Waals surface area contributed by atoms with Crippen molar-refractivity contribution in [3.8, 4) is 11.1 Å². The normalized spacial score (nSPS) is 14.3. The molecule has 1 N–H and O–H groups in total. The number of Topliss-reactive ketones (excluding diaryl/α,β-unsaturated/α-hetero) is 1. The average Bonchev–Trinajstić information content (AvgIpc) is 3.61. The standard InChI is InChI=1S/C24H31N3O2.C9H11F2NO/c1-16-11-21(8-7-20(16)13-18(3)28)23-14-22(19(4)26-15-23)12-17(2)24(29)25-9-10-27(5)6;1-6-5-7(13-12-6)9(3-4-9)8(2,10)11/h7-8,11-12,14-15H,9-10,13H2,1-6H3,(H,25,29);5H,3-4H2,1-2H3/b17-12+;. The SMILES string of the molecule is CC(=O)Cc1ccc(-c2cnc(C)c(/C=C(\C)C(=O)NCCN(C)C)c2)cc1C.Cc1cc(C2(C(C)(F)F)CC2)on1. The first-order valence-electron chi connectivity index (χ1n) is 14.1.